The lowest BCUT2D eigenvalue weighted by Crippen LogP contribution is -2.29. The minimum absolute atomic E-state index is 0.0304. The first-order chi connectivity index (χ1) is 8.62. The second-order valence-electron chi connectivity index (χ2n) is 3.87. The SMILES string of the molecule is COc1ccc(CC(=O)N(C)CCCl)cc1OC. The zero-order valence-electron chi connectivity index (χ0n) is 10.9. The summed E-state index contributed by atoms with van der Waals surface area (Å²) < 4.78 is 10.3. The Balaban J connectivity index is 2.76. The molecule has 0 atom stereocenters. The quantitative estimate of drug-likeness (QED) is 0.743. The molecule has 0 heterocycles. The van der Waals surface area contributed by atoms with E-state index in [-0.39, 0.29) is 5.91 Å². The first-order valence-electron chi connectivity index (χ1n) is 5.63. The lowest BCUT2D eigenvalue weighted by molar-refractivity contribution is -0.128. The smallest absolute Gasteiger partial charge is 0.226 e. The topological polar surface area (TPSA) is 38.8 Å². The summed E-state index contributed by atoms with van der Waals surface area (Å²) in [6.07, 6.45) is 0.327. The van der Waals surface area contributed by atoms with Gasteiger partial charge in [-0.25, -0.2) is 0 Å². The van der Waals surface area contributed by atoms with E-state index < -0.39 is 0 Å². The summed E-state index contributed by atoms with van der Waals surface area (Å²) in [5.41, 5.74) is 0.888. The minimum atomic E-state index is 0.0304. The molecule has 4 nitrogen and oxygen atoms in total. The monoisotopic (exact) mass is 271 g/mol. The van der Waals surface area contributed by atoms with Crippen LogP contribution in [0.25, 0.3) is 0 Å². The van der Waals surface area contributed by atoms with Gasteiger partial charge in [-0.1, -0.05) is 6.07 Å². The van der Waals surface area contributed by atoms with Crippen molar-refractivity contribution in [2.24, 2.45) is 0 Å². The Kier molecular flexibility index (Phi) is 5.78. The molecule has 0 fully saturated rings. The second kappa shape index (κ2) is 7.11. The van der Waals surface area contributed by atoms with Crippen LogP contribution in [-0.4, -0.2) is 44.5 Å². The van der Waals surface area contributed by atoms with E-state index in [0.29, 0.717) is 30.3 Å². The number of ether oxygens (including phenoxy) is 2. The van der Waals surface area contributed by atoms with Crippen molar-refractivity contribution >= 4 is 17.5 Å². The van der Waals surface area contributed by atoms with Crippen molar-refractivity contribution in [3.05, 3.63) is 23.8 Å². The molecule has 0 aliphatic heterocycles. The molecule has 0 N–H and O–H groups in total. The first kappa shape index (κ1) is 14.6. The molecule has 0 aromatic heterocycles. The van der Waals surface area contributed by atoms with Gasteiger partial charge in [0.15, 0.2) is 11.5 Å². The average molecular weight is 272 g/mol. The number of likely N-dealkylation sites (N-methyl/N-ethyl adjacent to an activating group) is 1. The summed E-state index contributed by atoms with van der Waals surface area (Å²) >= 11 is 5.60. The Morgan fingerprint density at radius 1 is 1.28 bits per heavy atom. The molecule has 0 saturated carbocycles. The lowest BCUT2D eigenvalue weighted by atomic mass is 10.1. The van der Waals surface area contributed by atoms with E-state index in [9.17, 15) is 4.79 Å². The standard InChI is InChI=1S/C13H18ClNO3/c1-15(7-6-14)13(16)9-10-4-5-11(17-2)12(8-10)18-3/h4-5,8H,6-7,9H2,1-3H3. The predicted octanol–water partition coefficient (Wildman–Crippen LogP) is 1.94. The molecule has 5 heteroatoms. The van der Waals surface area contributed by atoms with Crippen molar-refractivity contribution in [2.75, 3.05) is 33.7 Å². The minimum Gasteiger partial charge on any atom is -0.493 e. The van der Waals surface area contributed by atoms with Gasteiger partial charge in [-0.2, -0.15) is 0 Å². The Morgan fingerprint density at radius 2 is 1.94 bits per heavy atom. The number of carbonyl (C=O) groups excluding carboxylic acids is 1. The largest absolute Gasteiger partial charge is 0.493 e. The third-order valence-corrected chi connectivity index (χ3v) is 2.82. The molecular formula is C13H18ClNO3. The van der Waals surface area contributed by atoms with E-state index in [0.717, 1.165) is 5.56 Å². The number of hydrogen-bond donors (Lipinski definition) is 0. The van der Waals surface area contributed by atoms with Crippen molar-refractivity contribution < 1.29 is 14.3 Å². The molecule has 1 rings (SSSR count). The number of methoxy groups -OCH3 is 2. The van der Waals surface area contributed by atoms with Crippen molar-refractivity contribution in [1.82, 2.24) is 4.90 Å². The Morgan fingerprint density at radius 3 is 2.50 bits per heavy atom. The van der Waals surface area contributed by atoms with Crippen molar-refractivity contribution in [1.29, 1.82) is 0 Å². The number of rotatable bonds is 6. The summed E-state index contributed by atoms with van der Waals surface area (Å²) in [7, 11) is 4.89. The summed E-state index contributed by atoms with van der Waals surface area (Å²) in [5.74, 6) is 1.75. The van der Waals surface area contributed by atoms with Gasteiger partial charge >= 0.3 is 0 Å². The summed E-state index contributed by atoms with van der Waals surface area (Å²) in [6, 6.07) is 5.46. The van der Waals surface area contributed by atoms with Gasteiger partial charge in [0, 0.05) is 19.5 Å². The predicted molar refractivity (Wildman–Crippen MR) is 71.6 cm³/mol. The molecule has 1 aromatic carbocycles. The Hall–Kier alpha value is -1.42. The van der Waals surface area contributed by atoms with E-state index in [1.165, 1.54) is 0 Å². The maximum Gasteiger partial charge on any atom is 0.226 e. The molecule has 0 bridgehead atoms. The number of alkyl halides is 1. The van der Waals surface area contributed by atoms with E-state index in [4.69, 9.17) is 21.1 Å². The highest BCUT2D eigenvalue weighted by atomic mass is 35.5. The third-order valence-electron chi connectivity index (χ3n) is 2.65. The van der Waals surface area contributed by atoms with E-state index in [1.807, 2.05) is 12.1 Å². The highest BCUT2D eigenvalue weighted by Crippen LogP contribution is 2.27. The van der Waals surface area contributed by atoms with Gasteiger partial charge < -0.3 is 14.4 Å². The van der Waals surface area contributed by atoms with Gasteiger partial charge in [0.05, 0.1) is 20.6 Å². The van der Waals surface area contributed by atoms with E-state index in [1.54, 1.807) is 32.2 Å². The number of carbonyl (C=O) groups is 1. The van der Waals surface area contributed by atoms with Crippen LogP contribution < -0.4 is 9.47 Å². The first-order valence-corrected chi connectivity index (χ1v) is 6.16. The zero-order valence-corrected chi connectivity index (χ0v) is 11.7. The van der Waals surface area contributed by atoms with Crippen LogP contribution in [0.5, 0.6) is 11.5 Å². The van der Waals surface area contributed by atoms with Crippen LogP contribution in [0.4, 0.5) is 0 Å². The molecule has 100 valence electrons. The summed E-state index contributed by atoms with van der Waals surface area (Å²) in [5, 5.41) is 0. The zero-order chi connectivity index (χ0) is 13.5. The van der Waals surface area contributed by atoms with Crippen LogP contribution in [0.15, 0.2) is 18.2 Å². The number of hydrogen-bond acceptors (Lipinski definition) is 3. The van der Waals surface area contributed by atoms with Crippen LogP contribution in [0, 0.1) is 0 Å². The second-order valence-corrected chi connectivity index (χ2v) is 4.25. The lowest BCUT2D eigenvalue weighted by Gasteiger charge is -2.16. The van der Waals surface area contributed by atoms with E-state index >= 15 is 0 Å². The van der Waals surface area contributed by atoms with Gasteiger partial charge in [-0.3, -0.25) is 4.79 Å². The van der Waals surface area contributed by atoms with Crippen LogP contribution in [0.2, 0.25) is 0 Å². The molecule has 0 spiro atoms. The van der Waals surface area contributed by atoms with Gasteiger partial charge in [0.25, 0.3) is 0 Å². The van der Waals surface area contributed by atoms with E-state index in [2.05, 4.69) is 0 Å². The maximum absolute atomic E-state index is 11.9. The molecule has 18 heavy (non-hydrogen) atoms. The van der Waals surface area contributed by atoms with Crippen molar-refractivity contribution in [3.63, 3.8) is 0 Å². The number of amides is 1. The van der Waals surface area contributed by atoms with Gasteiger partial charge in [0.1, 0.15) is 0 Å². The van der Waals surface area contributed by atoms with Crippen LogP contribution in [-0.2, 0) is 11.2 Å². The van der Waals surface area contributed by atoms with Crippen molar-refractivity contribution in [2.45, 2.75) is 6.42 Å². The van der Waals surface area contributed by atoms with Crippen molar-refractivity contribution in [3.8, 4) is 11.5 Å². The molecule has 0 radical (unpaired) electrons. The maximum atomic E-state index is 11.9. The summed E-state index contributed by atoms with van der Waals surface area (Å²) in [6.45, 7) is 0.549. The van der Waals surface area contributed by atoms with Crippen LogP contribution >= 0.6 is 11.6 Å². The number of benzene rings is 1. The van der Waals surface area contributed by atoms with Crippen LogP contribution in [0.1, 0.15) is 5.56 Å². The number of nitrogens with zero attached hydrogens (tertiary/aromatic N) is 1. The summed E-state index contributed by atoms with van der Waals surface area (Å²) in [4.78, 5) is 13.5. The fraction of sp³-hybridized carbons (Fsp3) is 0.462. The molecule has 0 aliphatic carbocycles. The Labute approximate surface area is 112 Å². The molecule has 0 aliphatic rings. The molecule has 0 saturated heterocycles. The molecule has 1 amide bonds. The van der Waals surface area contributed by atoms with Gasteiger partial charge in [-0.05, 0) is 17.7 Å². The number of halogens is 1. The average Bonchev–Trinajstić information content (AvgIpc) is 2.38. The fourth-order valence-electron chi connectivity index (χ4n) is 1.55. The molecule has 1 aromatic rings. The van der Waals surface area contributed by atoms with Gasteiger partial charge in [0.2, 0.25) is 5.91 Å². The van der Waals surface area contributed by atoms with Crippen LogP contribution in [0.3, 0.4) is 0 Å². The highest BCUT2D eigenvalue weighted by Gasteiger charge is 2.11. The van der Waals surface area contributed by atoms with Gasteiger partial charge in [-0.15, -0.1) is 11.6 Å². The highest BCUT2D eigenvalue weighted by molar-refractivity contribution is 6.18. The molecular weight excluding hydrogens is 254 g/mol. The normalized spacial score (nSPS) is 10.0. The third kappa shape index (κ3) is 3.81. The fourth-order valence-corrected chi connectivity index (χ4v) is 1.81. The Bertz CT molecular complexity index is 409. The molecule has 0 unspecified atom stereocenters.